The normalized spacial score (nSPS) is 21.9. The van der Waals surface area contributed by atoms with E-state index in [1.54, 1.807) is 12.1 Å². The van der Waals surface area contributed by atoms with Gasteiger partial charge in [0.1, 0.15) is 30.7 Å². The first-order valence-corrected chi connectivity index (χ1v) is 10.5. The van der Waals surface area contributed by atoms with Crippen molar-refractivity contribution < 1.29 is 29.2 Å². The average Bonchev–Trinajstić information content (AvgIpc) is 3.58. The molecule has 1 aromatic carbocycles. The van der Waals surface area contributed by atoms with E-state index >= 15 is 0 Å². The molecule has 4 atom stereocenters. The van der Waals surface area contributed by atoms with Gasteiger partial charge in [0, 0.05) is 6.07 Å². The van der Waals surface area contributed by atoms with Gasteiger partial charge in [-0.2, -0.15) is 0 Å². The Morgan fingerprint density at radius 3 is 2.68 bits per heavy atom. The molecule has 0 spiro atoms. The second kappa shape index (κ2) is 9.50. The van der Waals surface area contributed by atoms with E-state index in [4.69, 9.17) is 13.9 Å². The molecule has 174 valence electrons. The maximum atomic E-state index is 10.5. The molecule has 4 aromatic rings. The van der Waals surface area contributed by atoms with Gasteiger partial charge in [-0.1, -0.05) is 24.1 Å². The van der Waals surface area contributed by atoms with E-state index in [2.05, 4.69) is 32.1 Å². The topological polar surface area (TPSA) is 148 Å². The molecule has 0 radical (unpaired) electrons. The number of imidazole rings is 1. The van der Waals surface area contributed by atoms with Crippen molar-refractivity contribution in [2.45, 2.75) is 24.5 Å². The van der Waals surface area contributed by atoms with Gasteiger partial charge in [0.15, 0.2) is 29.1 Å². The van der Waals surface area contributed by atoms with Gasteiger partial charge in [0.2, 0.25) is 5.82 Å². The maximum absolute atomic E-state index is 10.5. The lowest BCUT2D eigenvalue weighted by molar-refractivity contribution is -0.0511. The summed E-state index contributed by atoms with van der Waals surface area (Å²) >= 11 is 0. The van der Waals surface area contributed by atoms with Crippen LogP contribution in [0.25, 0.3) is 11.2 Å². The fraction of sp³-hybridized carbons (Fsp3) is 0.261. The smallest absolute Gasteiger partial charge is 0.209 e. The number of aromatic nitrogens is 4. The quantitative estimate of drug-likeness (QED) is 0.308. The van der Waals surface area contributed by atoms with Crippen molar-refractivity contribution in [3.05, 3.63) is 60.9 Å². The van der Waals surface area contributed by atoms with Crippen LogP contribution in [0, 0.1) is 11.8 Å². The van der Waals surface area contributed by atoms with Crippen LogP contribution in [-0.4, -0.2) is 66.4 Å². The average molecular weight is 463 g/mol. The highest BCUT2D eigenvalue weighted by Crippen LogP contribution is 2.32. The lowest BCUT2D eigenvalue weighted by Crippen LogP contribution is -2.33. The number of nitrogens with zero attached hydrogens (tertiary/aromatic N) is 4. The number of hydrogen-bond acceptors (Lipinski definition) is 10. The number of para-hydroxylation sites is 1. The molecule has 1 aliphatic rings. The SMILES string of the molecule is OC[C@H]1O[C@@H](n2cnc3c(Nc4ccco4)nc(C#CCOc4ccccc4)nc32)[C@H](O)[C@@H]1O. The van der Waals surface area contributed by atoms with Gasteiger partial charge < -0.3 is 34.5 Å². The molecule has 0 amide bonds. The van der Waals surface area contributed by atoms with Crippen molar-refractivity contribution >= 4 is 22.9 Å². The third kappa shape index (κ3) is 4.30. The minimum atomic E-state index is -1.29. The zero-order valence-corrected chi connectivity index (χ0v) is 17.8. The number of ether oxygens (including phenoxy) is 2. The number of furan rings is 1. The first-order valence-electron chi connectivity index (χ1n) is 10.5. The molecule has 3 aromatic heterocycles. The second-order valence-electron chi connectivity index (χ2n) is 7.45. The highest BCUT2D eigenvalue weighted by Gasteiger charge is 2.44. The van der Waals surface area contributed by atoms with E-state index in [1.165, 1.54) is 17.2 Å². The van der Waals surface area contributed by atoms with Gasteiger partial charge in [0.25, 0.3) is 0 Å². The van der Waals surface area contributed by atoms with Crippen molar-refractivity contribution in [1.82, 2.24) is 19.5 Å². The Hall–Kier alpha value is -3.95. The summed E-state index contributed by atoms with van der Waals surface area (Å²) in [7, 11) is 0. The predicted molar refractivity (Wildman–Crippen MR) is 119 cm³/mol. The Balaban J connectivity index is 1.48. The molecule has 11 heteroatoms. The van der Waals surface area contributed by atoms with Crippen LogP contribution in [0.3, 0.4) is 0 Å². The van der Waals surface area contributed by atoms with E-state index in [-0.39, 0.29) is 12.4 Å². The molecule has 34 heavy (non-hydrogen) atoms. The van der Waals surface area contributed by atoms with Crippen LogP contribution in [-0.2, 0) is 4.74 Å². The third-order valence-electron chi connectivity index (χ3n) is 5.23. The maximum Gasteiger partial charge on any atom is 0.209 e. The summed E-state index contributed by atoms with van der Waals surface area (Å²) in [5.41, 5.74) is 0.687. The number of benzene rings is 1. The van der Waals surface area contributed by atoms with Crippen LogP contribution in [0.4, 0.5) is 11.7 Å². The van der Waals surface area contributed by atoms with Gasteiger partial charge in [-0.05, 0) is 24.1 Å². The van der Waals surface area contributed by atoms with Crippen molar-refractivity contribution in [1.29, 1.82) is 0 Å². The molecule has 0 unspecified atom stereocenters. The Morgan fingerprint density at radius 2 is 1.94 bits per heavy atom. The lowest BCUT2D eigenvalue weighted by Gasteiger charge is -2.16. The van der Waals surface area contributed by atoms with Crippen molar-refractivity contribution in [2.75, 3.05) is 18.5 Å². The Kier molecular flexibility index (Phi) is 6.11. The predicted octanol–water partition coefficient (Wildman–Crippen LogP) is 1.20. The van der Waals surface area contributed by atoms with E-state index in [0.717, 1.165) is 0 Å². The number of hydrogen-bond donors (Lipinski definition) is 4. The Labute approximate surface area is 193 Å². The highest BCUT2D eigenvalue weighted by molar-refractivity contribution is 5.85. The molecule has 5 rings (SSSR count). The molecular formula is C23H21N5O6. The number of aliphatic hydroxyl groups excluding tert-OH is 3. The summed E-state index contributed by atoms with van der Waals surface area (Å²) in [5.74, 6) is 7.39. The van der Waals surface area contributed by atoms with Crippen LogP contribution in [0.2, 0.25) is 0 Å². The number of fused-ring (bicyclic) bond motifs is 1. The van der Waals surface area contributed by atoms with Crippen LogP contribution >= 0.6 is 0 Å². The molecule has 0 saturated carbocycles. The van der Waals surface area contributed by atoms with E-state index in [0.29, 0.717) is 28.6 Å². The van der Waals surface area contributed by atoms with Crippen molar-refractivity contribution in [2.24, 2.45) is 0 Å². The second-order valence-corrected chi connectivity index (χ2v) is 7.45. The number of anilines is 2. The van der Waals surface area contributed by atoms with E-state index in [1.807, 2.05) is 30.3 Å². The summed E-state index contributed by atoms with van der Waals surface area (Å²) in [6.07, 6.45) is -1.56. The van der Waals surface area contributed by atoms with E-state index in [9.17, 15) is 15.3 Å². The van der Waals surface area contributed by atoms with Gasteiger partial charge in [0.05, 0.1) is 19.2 Å². The van der Waals surface area contributed by atoms with Gasteiger partial charge >= 0.3 is 0 Å². The lowest BCUT2D eigenvalue weighted by atomic mass is 10.1. The molecule has 1 fully saturated rings. The molecule has 0 bridgehead atoms. The molecule has 1 saturated heterocycles. The van der Waals surface area contributed by atoms with Crippen LogP contribution in [0.15, 0.2) is 59.5 Å². The van der Waals surface area contributed by atoms with Crippen molar-refractivity contribution in [3.63, 3.8) is 0 Å². The summed E-state index contributed by atoms with van der Waals surface area (Å²) in [6.45, 7) is -0.319. The summed E-state index contributed by atoms with van der Waals surface area (Å²) in [4.78, 5) is 13.3. The van der Waals surface area contributed by atoms with Gasteiger partial charge in [-0.25, -0.2) is 15.0 Å². The first-order chi connectivity index (χ1) is 16.6. The summed E-state index contributed by atoms with van der Waals surface area (Å²) in [6, 6.07) is 12.7. The number of nitrogens with one attached hydrogen (secondary N) is 1. The minimum absolute atomic E-state index is 0.125. The monoisotopic (exact) mass is 463 g/mol. The highest BCUT2D eigenvalue weighted by atomic mass is 16.6. The summed E-state index contributed by atoms with van der Waals surface area (Å²) in [5, 5.41) is 33.1. The molecule has 4 N–H and O–H groups in total. The van der Waals surface area contributed by atoms with Gasteiger partial charge in [-0.15, -0.1) is 0 Å². The molecule has 4 heterocycles. The standard InChI is InChI=1S/C23H21N5O6/c29-12-15-19(30)20(31)23(34-15)28-13-24-18-21(27-17-9-5-11-33-17)25-16(26-22(18)28)8-4-10-32-14-6-2-1-3-7-14/h1-3,5-7,9,11,13,15,19-20,23,29-31H,10,12H2,(H,25,26,27)/t15-,19-,20-,23-/m1/s1. The fourth-order valence-corrected chi connectivity index (χ4v) is 3.57. The Morgan fingerprint density at radius 1 is 1.09 bits per heavy atom. The van der Waals surface area contributed by atoms with Crippen LogP contribution < -0.4 is 10.1 Å². The number of aliphatic hydroxyl groups is 3. The largest absolute Gasteiger partial charge is 0.481 e. The van der Waals surface area contributed by atoms with Crippen LogP contribution in [0.5, 0.6) is 5.75 Å². The number of rotatable bonds is 6. The first kappa shape index (κ1) is 21.9. The third-order valence-corrected chi connectivity index (χ3v) is 5.23. The zero-order chi connectivity index (χ0) is 23.5. The molecule has 1 aliphatic heterocycles. The molecular weight excluding hydrogens is 442 g/mol. The van der Waals surface area contributed by atoms with Gasteiger partial charge in [-0.3, -0.25) is 4.57 Å². The Bertz CT molecular complexity index is 1310. The van der Waals surface area contributed by atoms with Crippen molar-refractivity contribution in [3.8, 4) is 17.6 Å². The minimum Gasteiger partial charge on any atom is -0.481 e. The summed E-state index contributed by atoms with van der Waals surface area (Å²) < 4.78 is 18.1. The fourth-order valence-electron chi connectivity index (χ4n) is 3.57. The molecule has 11 nitrogen and oxygen atoms in total. The zero-order valence-electron chi connectivity index (χ0n) is 17.8. The van der Waals surface area contributed by atoms with Crippen LogP contribution in [0.1, 0.15) is 12.1 Å². The molecule has 0 aliphatic carbocycles. The van der Waals surface area contributed by atoms with E-state index < -0.39 is 31.1 Å².